The number of anilines is 1. The molecule has 1 spiro atoms. The third kappa shape index (κ3) is 10.1. The van der Waals surface area contributed by atoms with E-state index in [9.17, 15) is 14.4 Å². The lowest BCUT2D eigenvalue weighted by Gasteiger charge is -2.44. The minimum Gasteiger partial charge on any atom is -0.464 e. The first-order chi connectivity index (χ1) is 34.2. The highest BCUT2D eigenvalue weighted by atomic mass is 16.5. The zero-order valence-corrected chi connectivity index (χ0v) is 43.2. The summed E-state index contributed by atoms with van der Waals surface area (Å²) in [5.41, 5.74) is 12.3. The number of aromatic nitrogens is 2. The molecular formula is C56H77N9O6. The van der Waals surface area contributed by atoms with Gasteiger partial charge in [0.25, 0.3) is 5.91 Å². The maximum atomic E-state index is 14.8. The second-order valence-electron chi connectivity index (χ2n) is 22.6. The van der Waals surface area contributed by atoms with E-state index in [-0.39, 0.29) is 54.3 Å². The van der Waals surface area contributed by atoms with Crippen LogP contribution in [0.1, 0.15) is 90.2 Å². The number of methoxy groups -OCH3 is 1. The first-order valence-corrected chi connectivity index (χ1v) is 26.6. The average molecular weight is 972 g/mol. The van der Waals surface area contributed by atoms with Gasteiger partial charge in [0.1, 0.15) is 12.1 Å². The molecule has 3 N–H and O–H groups in total. The Morgan fingerprint density at radius 1 is 1.01 bits per heavy atom. The molecule has 6 bridgehead atoms. The number of piperazine rings is 1. The number of amides is 2. The van der Waals surface area contributed by atoms with E-state index in [1.54, 1.807) is 12.1 Å². The molecule has 15 nitrogen and oxygen atoms in total. The number of likely N-dealkylation sites (tertiary alicyclic amines) is 1. The SMILES string of the molecule is CCn1c(-c2cc(N3CCN4CCOC[C@@H]4C3)cnc2[C@H](C)OC)c2c3cc(ccc31)-c1cccc(c1)C[C@H](NC(=O)[C@H](C(C)C)N1CC[C@]3(CCNC3)C1)C(=O)N1CCC[C@H](N1)C(=O)OCC(C)(C)C2. The number of nitrogens with one attached hydrogen (secondary N) is 3. The summed E-state index contributed by atoms with van der Waals surface area (Å²) in [6.45, 7) is 23.1. The van der Waals surface area contributed by atoms with E-state index in [1.807, 2.05) is 12.3 Å². The van der Waals surface area contributed by atoms with Gasteiger partial charge in [0, 0.05) is 87.8 Å². The van der Waals surface area contributed by atoms with E-state index in [2.05, 4.69) is 119 Å². The Morgan fingerprint density at radius 2 is 1.86 bits per heavy atom. The molecule has 4 aromatic rings. The van der Waals surface area contributed by atoms with Crippen LogP contribution >= 0.6 is 0 Å². The quantitative estimate of drug-likeness (QED) is 0.170. The molecule has 8 heterocycles. The molecule has 2 aromatic carbocycles. The highest BCUT2D eigenvalue weighted by molar-refractivity contribution is 5.96. The summed E-state index contributed by atoms with van der Waals surface area (Å²) in [5.74, 6) is -0.730. The molecule has 71 heavy (non-hydrogen) atoms. The number of nitrogens with zero attached hydrogens (tertiary/aromatic N) is 6. The molecule has 0 saturated carbocycles. The fourth-order valence-corrected chi connectivity index (χ4v) is 12.7. The second kappa shape index (κ2) is 20.5. The van der Waals surface area contributed by atoms with Gasteiger partial charge in [-0.3, -0.25) is 34.2 Å². The van der Waals surface area contributed by atoms with Crippen LogP contribution in [0.15, 0.2) is 54.7 Å². The normalized spacial score (nSPS) is 26.4. The fourth-order valence-electron chi connectivity index (χ4n) is 12.7. The van der Waals surface area contributed by atoms with Crippen LogP contribution < -0.4 is 21.0 Å². The summed E-state index contributed by atoms with van der Waals surface area (Å²) >= 11 is 0. The molecule has 2 amide bonds. The lowest BCUT2D eigenvalue weighted by molar-refractivity contribution is -0.155. The number of hydrogen-bond acceptors (Lipinski definition) is 12. The van der Waals surface area contributed by atoms with Crippen LogP contribution in [-0.4, -0.2) is 152 Å². The maximum absolute atomic E-state index is 14.8. The minimum atomic E-state index is -0.869. The van der Waals surface area contributed by atoms with Gasteiger partial charge in [-0.05, 0) is 111 Å². The number of carbonyl (C=O) groups is 3. The first-order valence-electron chi connectivity index (χ1n) is 26.6. The van der Waals surface area contributed by atoms with Gasteiger partial charge in [-0.25, -0.2) is 5.43 Å². The van der Waals surface area contributed by atoms with E-state index in [0.717, 1.165) is 135 Å². The van der Waals surface area contributed by atoms with Crippen LogP contribution in [0.4, 0.5) is 5.69 Å². The predicted molar refractivity (Wildman–Crippen MR) is 277 cm³/mol. The third-order valence-corrected chi connectivity index (χ3v) is 16.6. The number of benzene rings is 2. The molecule has 0 unspecified atom stereocenters. The molecule has 2 aromatic heterocycles. The Balaban J connectivity index is 1.05. The molecule has 10 rings (SSSR count). The van der Waals surface area contributed by atoms with Crippen molar-refractivity contribution in [2.24, 2.45) is 16.7 Å². The van der Waals surface area contributed by atoms with Crippen LogP contribution in [0.5, 0.6) is 0 Å². The monoisotopic (exact) mass is 972 g/mol. The number of ether oxygens (including phenoxy) is 3. The molecule has 6 aliphatic rings. The number of morpholine rings is 1. The van der Waals surface area contributed by atoms with Gasteiger partial charge >= 0.3 is 5.97 Å². The second-order valence-corrected chi connectivity index (χ2v) is 22.6. The maximum Gasteiger partial charge on any atom is 0.324 e. The molecule has 15 heteroatoms. The van der Waals surface area contributed by atoms with Gasteiger partial charge in [-0.15, -0.1) is 0 Å². The van der Waals surface area contributed by atoms with Crippen molar-refractivity contribution in [1.82, 2.24) is 40.4 Å². The largest absolute Gasteiger partial charge is 0.464 e. The van der Waals surface area contributed by atoms with Gasteiger partial charge in [-0.2, -0.15) is 0 Å². The number of cyclic esters (lactones) is 1. The van der Waals surface area contributed by atoms with Crippen LogP contribution in [0.3, 0.4) is 0 Å². The summed E-state index contributed by atoms with van der Waals surface area (Å²) < 4.78 is 20.7. The van der Waals surface area contributed by atoms with E-state index in [4.69, 9.17) is 19.2 Å². The Morgan fingerprint density at radius 3 is 2.65 bits per heavy atom. The molecule has 0 aliphatic carbocycles. The lowest BCUT2D eigenvalue weighted by atomic mass is 9.84. The van der Waals surface area contributed by atoms with Gasteiger partial charge < -0.3 is 34.3 Å². The predicted octanol–water partition coefficient (Wildman–Crippen LogP) is 5.98. The summed E-state index contributed by atoms with van der Waals surface area (Å²) in [6, 6.07) is 15.9. The first kappa shape index (κ1) is 49.7. The molecule has 6 aliphatic heterocycles. The van der Waals surface area contributed by atoms with Crippen molar-refractivity contribution in [2.45, 2.75) is 117 Å². The Labute approximate surface area is 420 Å². The topological polar surface area (TPSA) is 146 Å². The smallest absolute Gasteiger partial charge is 0.324 e. The number of fused-ring (bicyclic) bond motifs is 7. The molecule has 5 saturated heterocycles. The Hall–Kier alpha value is -4.90. The van der Waals surface area contributed by atoms with Gasteiger partial charge in [-0.1, -0.05) is 58.0 Å². The van der Waals surface area contributed by atoms with E-state index < -0.39 is 17.5 Å². The Kier molecular flexibility index (Phi) is 14.4. The zero-order chi connectivity index (χ0) is 49.6. The fraction of sp³-hybridized carbons (Fsp3) is 0.607. The van der Waals surface area contributed by atoms with Crippen molar-refractivity contribution in [3.05, 3.63) is 71.5 Å². The lowest BCUT2D eigenvalue weighted by Crippen LogP contribution is -2.62. The van der Waals surface area contributed by atoms with Crippen LogP contribution in [0.2, 0.25) is 0 Å². The highest BCUT2D eigenvalue weighted by Crippen LogP contribution is 2.44. The standard InChI is InChI=1S/C56H77N9O6/c1-8-64-48-15-14-40-27-43(48)45(51(64)44-28-41(30-58-49(44)37(4)69-7)62-22-21-61-23-24-70-32-42(61)31-62)29-55(5,6)35-71-54(68)46-13-10-19-65(60-46)53(67)47(26-38-11-9-12-39(40)25-38)59-52(66)50(36(2)3)63-20-17-56(34-63)16-18-57-33-56/h9,11-12,14-15,25,27-28,30,36-37,42,46-47,50,57,60H,8,10,13,16-24,26,29,31-35H2,1-7H3,(H,59,66)/t37-,42-,46-,47-,50-,56-/m0/s1. The van der Waals surface area contributed by atoms with Gasteiger partial charge in [0.15, 0.2) is 0 Å². The van der Waals surface area contributed by atoms with Crippen molar-refractivity contribution in [2.75, 3.05) is 90.7 Å². The highest BCUT2D eigenvalue weighted by Gasteiger charge is 2.45. The number of esters is 1. The van der Waals surface area contributed by atoms with E-state index in [1.165, 1.54) is 5.56 Å². The average Bonchev–Trinajstić information content (AvgIpc) is 4.10. The third-order valence-electron chi connectivity index (χ3n) is 16.6. The summed E-state index contributed by atoms with van der Waals surface area (Å²) in [5, 5.41) is 9.52. The number of carbonyl (C=O) groups excluding carboxylic acids is 3. The molecule has 6 atom stereocenters. The molecule has 382 valence electrons. The molecular weight excluding hydrogens is 895 g/mol. The number of hydrazine groups is 1. The van der Waals surface area contributed by atoms with Gasteiger partial charge in [0.2, 0.25) is 5.91 Å². The van der Waals surface area contributed by atoms with Crippen molar-refractivity contribution in [1.29, 1.82) is 0 Å². The molecule has 5 fully saturated rings. The Bertz CT molecular complexity index is 2610. The summed E-state index contributed by atoms with van der Waals surface area (Å²) in [6.07, 6.45) is 5.97. The number of hydrogen-bond donors (Lipinski definition) is 3. The number of pyridine rings is 1. The molecule has 0 radical (unpaired) electrons. The van der Waals surface area contributed by atoms with E-state index >= 15 is 0 Å². The van der Waals surface area contributed by atoms with Crippen LogP contribution in [0.25, 0.3) is 33.3 Å². The van der Waals surface area contributed by atoms with Crippen molar-refractivity contribution >= 4 is 34.4 Å². The van der Waals surface area contributed by atoms with Crippen LogP contribution in [0, 0.1) is 16.7 Å². The zero-order valence-electron chi connectivity index (χ0n) is 43.2. The van der Waals surface area contributed by atoms with E-state index in [0.29, 0.717) is 31.8 Å². The number of rotatable bonds is 9. The van der Waals surface area contributed by atoms with Crippen molar-refractivity contribution in [3.8, 4) is 22.4 Å². The summed E-state index contributed by atoms with van der Waals surface area (Å²) in [4.78, 5) is 56.2. The summed E-state index contributed by atoms with van der Waals surface area (Å²) in [7, 11) is 1.74. The minimum absolute atomic E-state index is 0.0414. The number of aryl methyl sites for hydroxylation is 1. The van der Waals surface area contributed by atoms with Crippen LogP contribution in [-0.2, 0) is 48.0 Å². The van der Waals surface area contributed by atoms with Crippen molar-refractivity contribution < 1.29 is 28.6 Å². The van der Waals surface area contributed by atoms with Crippen molar-refractivity contribution in [3.63, 3.8) is 0 Å². The van der Waals surface area contributed by atoms with Gasteiger partial charge in [0.05, 0.1) is 61.3 Å².